The van der Waals surface area contributed by atoms with Gasteiger partial charge in [-0.15, -0.1) is 0 Å². The zero-order chi connectivity index (χ0) is 17.5. The molecule has 1 saturated heterocycles. The monoisotopic (exact) mass is 347 g/mol. The minimum atomic E-state index is -0.808. The molecule has 0 amide bonds. The van der Waals surface area contributed by atoms with Crippen LogP contribution < -0.4 is 14.8 Å². The van der Waals surface area contributed by atoms with E-state index in [1.54, 1.807) is 0 Å². The van der Waals surface area contributed by atoms with Crippen molar-refractivity contribution in [1.82, 2.24) is 5.32 Å². The molecule has 0 spiro atoms. The highest BCUT2D eigenvalue weighted by molar-refractivity contribution is 5.67. The number of carboxylic acid groups (broad SMARTS) is 1. The Kier molecular flexibility index (Phi) is 6.56. The molecule has 2 heterocycles. The summed E-state index contributed by atoms with van der Waals surface area (Å²) in [4.78, 5) is 10.8. The molecule has 0 saturated carbocycles. The summed E-state index contributed by atoms with van der Waals surface area (Å²) in [5, 5.41) is 12.3. The lowest BCUT2D eigenvalue weighted by atomic mass is 9.93. The van der Waals surface area contributed by atoms with Crippen molar-refractivity contribution in [2.75, 3.05) is 19.7 Å². The molecule has 0 bridgehead atoms. The average molecular weight is 347 g/mol. The lowest BCUT2D eigenvalue weighted by molar-refractivity contribution is -0.139. The molecule has 1 aromatic carbocycles. The third kappa shape index (κ3) is 5.63. The Bertz CT molecular complexity index is 569. The maximum atomic E-state index is 10.8. The van der Waals surface area contributed by atoms with Gasteiger partial charge < -0.3 is 19.9 Å². The quantitative estimate of drug-likeness (QED) is 0.706. The van der Waals surface area contributed by atoms with E-state index in [1.165, 1.54) is 38.8 Å². The first-order valence-corrected chi connectivity index (χ1v) is 9.55. The third-order valence-corrected chi connectivity index (χ3v) is 5.20. The zero-order valence-corrected chi connectivity index (χ0v) is 14.8. The summed E-state index contributed by atoms with van der Waals surface area (Å²) in [5.41, 5.74) is 1.12. The molecule has 2 aliphatic heterocycles. The Morgan fingerprint density at radius 1 is 1.24 bits per heavy atom. The summed E-state index contributed by atoms with van der Waals surface area (Å²) in [6.45, 7) is 3.10. The number of ether oxygens (including phenoxy) is 2. The molecule has 0 aromatic heterocycles. The van der Waals surface area contributed by atoms with Crippen molar-refractivity contribution >= 4 is 5.97 Å². The first-order chi connectivity index (χ1) is 12.2. The van der Waals surface area contributed by atoms with Crippen molar-refractivity contribution in [2.45, 2.75) is 57.5 Å². The predicted octanol–water partition coefficient (Wildman–Crippen LogP) is 3.40. The largest absolute Gasteiger partial charge is 0.494 e. The molecule has 25 heavy (non-hydrogen) atoms. The van der Waals surface area contributed by atoms with Gasteiger partial charge in [-0.2, -0.15) is 0 Å². The Labute approximate surface area is 149 Å². The summed E-state index contributed by atoms with van der Waals surface area (Å²) in [5.74, 6) is 1.77. The smallest absolute Gasteiger partial charge is 0.307 e. The van der Waals surface area contributed by atoms with E-state index < -0.39 is 5.97 Å². The number of rotatable bonds is 8. The van der Waals surface area contributed by atoms with Gasteiger partial charge in [0.1, 0.15) is 17.6 Å². The first-order valence-electron chi connectivity index (χ1n) is 9.55. The van der Waals surface area contributed by atoms with Gasteiger partial charge >= 0.3 is 5.97 Å². The standard InChI is InChI=1S/C20H29NO4/c22-20(23)14-18-5-4-16-13-17(6-7-19(16)25-18)24-12-2-1-3-15-8-10-21-11-9-15/h6-7,13,15,18,21H,1-5,8-12,14H2,(H,22,23). The van der Waals surface area contributed by atoms with Crippen molar-refractivity contribution in [3.63, 3.8) is 0 Å². The maximum Gasteiger partial charge on any atom is 0.307 e. The lowest BCUT2D eigenvalue weighted by Gasteiger charge is -2.25. The van der Waals surface area contributed by atoms with Gasteiger partial charge in [0.05, 0.1) is 13.0 Å². The van der Waals surface area contributed by atoms with Crippen molar-refractivity contribution in [1.29, 1.82) is 0 Å². The van der Waals surface area contributed by atoms with Crippen molar-refractivity contribution < 1.29 is 19.4 Å². The summed E-state index contributed by atoms with van der Waals surface area (Å²) < 4.78 is 11.7. The second-order valence-electron chi connectivity index (χ2n) is 7.18. The van der Waals surface area contributed by atoms with Crippen LogP contribution in [-0.4, -0.2) is 36.9 Å². The van der Waals surface area contributed by atoms with Gasteiger partial charge in [0.2, 0.25) is 0 Å². The molecule has 1 unspecified atom stereocenters. The van der Waals surface area contributed by atoms with Crippen LogP contribution in [0.4, 0.5) is 0 Å². The van der Waals surface area contributed by atoms with Crippen LogP contribution in [0.5, 0.6) is 11.5 Å². The summed E-state index contributed by atoms with van der Waals surface area (Å²) in [6.07, 6.45) is 7.71. The molecular formula is C20H29NO4. The minimum Gasteiger partial charge on any atom is -0.494 e. The van der Waals surface area contributed by atoms with E-state index in [0.717, 1.165) is 48.8 Å². The fraction of sp³-hybridized carbons (Fsp3) is 0.650. The number of hydrogen-bond acceptors (Lipinski definition) is 4. The number of carbonyl (C=O) groups is 1. The number of nitrogens with one attached hydrogen (secondary N) is 1. The molecule has 5 heteroatoms. The zero-order valence-electron chi connectivity index (χ0n) is 14.8. The van der Waals surface area contributed by atoms with Crippen molar-refractivity contribution in [3.05, 3.63) is 23.8 Å². The van der Waals surface area contributed by atoms with Crippen LogP contribution in [0.3, 0.4) is 0 Å². The molecule has 3 rings (SSSR count). The van der Waals surface area contributed by atoms with E-state index in [9.17, 15) is 4.79 Å². The van der Waals surface area contributed by atoms with Crippen LogP contribution >= 0.6 is 0 Å². The molecule has 2 aliphatic rings. The van der Waals surface area contributed by atoms with Crippen LogP contribution in [0.1, 0.15) is 50.5 Å². The van der Waals surface area contributed by atoms with Crippen molar-refractivity contribution in [3.8, 4) is 11.5 Å². The average Bonchev–Trinajstić information content (AvgIpc) is 2.62. The van der Waals surface area contributed by atoms with Gasteiger partial charge in [-0.3, -0.25) is 4.79 Å². The van der Waals surface area contributed by atoms with E-state index in [-0.39, 0.29) is 12.5 Å². The molecule has 1 atom stereocenters. The molecule has 1 fully saturated rings. The van der Waals surface area contributed by atoms with Gasteiger partial charge in [-0.25, -0.2) is 0 Å². The van der Waals surface area contributed by atoms with Gasteiger partial charge in [0, 0.05) is 0 Å². The molecule has 0 aliphatic carbocycles. The predicted molar refractivity (Wildman–Crippen MR) is 96.4 cm³/mol. The highest BCUT2D eigenvalue weighted by Gasteiger charge is 2.22. The molecule has 2 N–H and O–H groups in total. The minimum absolute atomic E-state index is 0.0642. The lowest BCUT2D eigenvalue weighted by Crippen LogP contribution is -2.27. The van der Waals surface area contributed by atoms with E-state index in [4.69, 9.17) is 14.6 Å². The Hall–Kier alpha value is -1.75. The van der Waals surface area contributed by atoms with E-state index >= 15 is 0 Å². The van der Waals surface area contributed by atoms with Crippen LogP contribution in [0, 0.1) is 5.92 Å². The fourth-order valence-corrected chi connectivity index (χ4v) is 3.74. The van der Waals surface area contributed by atoms with Gasteiger partial charge in [0.15, 0.2) is 0 Å². The Morgan fingerprint density at radius 2 is 2.08 bits per heavy atom. The van der Waals surface area contributed by atoms with E-state index in [2.05, 4.69) is 5.32 Å². The number of aliphatic carboxylic acids is 1. The highest BCUT2D eigenvalue weighted by Crippen LogP contribution is 2.32. The summed E-state index contributed by atoms with van der Waals surface area (Å²) >= 11 is 0. The van der Waals surface area contributed by atoms with Crippen molar-refractivity contribution in [2.24, 2.45) is 5.92 Å². The molecular weight excluding hydrogens is 318 g/mol. The van der Waals surface area contributed by atoms with Gasteiger partial charge in [-0.1, -0.05) is 6.42 Å². The second kappa shape index (κ2) is 9.09. The fourth-order valence-electron chi connectivity index (χ4n) is 3.74. The van der Waals surface area contributed by atoms with Gasteiger partial charge in [0.25, 0.3) is 0 Å². The SMILES string of the molecule is O=C(O)CC1CCc2cc(OCCCCC3CCNCC3)ccc2O1. The Balaban J connectivity index is 1.38. The second-order valence-corrected chi connectivity index (χ2v) is 7.18. The number of benzene rings is 1. The number of fused-ring (bicyclic) bond motifs is 1. The Morgan fingerprint density at radius 3 is 2.88 bits per heavy atom. The van der Waals surface area contributed by atoms with Crippen LogP contribution in [0.15, 0.2) is 18.2 Å². The number of unbranched alkanes of at least 4 members (excludes halogenated alkanes) is 1. The van der Waals surface area contributed by atoms with Crippen LogP contribution in [0.25, 0.3) is 0 Å². The maximum absolute atomic E-state index is 10.8. The van der Waals surface area contributed by atoms with E-state index in [0.29, 0.717) is 0 Å². The van der Waals surface area contributed by atoms with Crippen LogP contribution in [-0.2, 0) is 11.2 Å². The molecule has 1 aromatic rings. The summed E-state index contributed by atoms with van der Waals surface area (Å²) in [6, 6.07) is 5.88. The topological polar surface area (TPSA) is 67.8 Å². The number of piperidine rings is 1. The molecule has 0 radical (unpaired) electrons. The molecule has 138 valence electrons. The number of carboxylic acids is 1. The first kappa shape index (κ1) is 18.1. The molecule has 5 nitrogen and oxygen atoms in total. The summed E-state index contributed by atoms with van der Waals surface area (Å²) in [7, 11) is 0. The third-order valence-electron chi connectivity index (χ3n) is 5.20. The number of hydrogen-bond donors (Lipinski definition) is 2. The normalized spacial score (nSPS) is 20.6. The highest BCUT2D eigenvalue weighted by atomic mass is 16.5. The van der Waals surface area contributed by atoms with E-state index in [1.807, 2.05) is 18.2 Å². The van der Waals surface area contributed by atoms with Gasteiger partial charge in [-0.05, 0) is 81.3 Å². The van der Waals surface area contributed by atoms with Crippen LogP contribution in [0.2, 0.25) is 0 Å². The number of aryl methyl sites for hydroxylation is 1.